The summed E-state index contributed by atoms with van der Waals surface area (Å²) in [5, 5.41) is 24.6. The van der Waals surface area contributed by atoms with E-state index in [-0.39, 0.29) is 6.61 Å². The number of thiophene rings is 1. The van der Waals surface area contributed by atoms with Crippen molar-refractivity contribution < 1.29 is 5.11 Å². The Morgan fingerprint density at radius 1 is 0.207 bits per heavy atom. The summed E-state index contributed by atoms with van der Waals surface area (Å²) in [5.74, 6) is 0. The number of nitrogens with zero attached hydrogens (tertiary/aromatic N) is 11. The molecule has 710 valence electrons. The number of pyridine rings is 3. The lowest BCUT2D eigenvalue weighted by molar-refractivity contribution is 0.282. The first-order valence-corrected chi connectivity index (χ1v) is 51.6. The summed E-state index contributed by atoms with van der Waals surface area (Å²) in [4.78, 5) is 20.8. The van der Waals surface area contributed by atoms with Gasteiger partial charge in [-0.3, -0.25) is 15.0 Å². The molecule has 1 N–H and O–H groups in total. The lowest BCUT2D eigenvalue weighted by Gasteiger charge is -2.27. The molecule has 0 amide bonds. The van der Waals surface area contributed by atoms with Crippen LogP contribution in [0.4, 0.5) is 51.2 Å². The topological polar surface area (TPSA) is 93.3 Å². The molecule has 0 aliphatic heterocycles. The van der Waals surface area contributed by atoms with Gasteiger partial charge in [-0.2, -0.15) is 0 Å². The van der Waals surface area contributed by atoms with E-state index in [1.54, 1.807) is 0 Å². The Balaban J connectivity index is 0.000000111. The fourth-order valence-electron chi connectivity index (χ4n) is 22.4. The van der Waals surface area contributed by atoms with E-state index in [1.807, 2.05) is 84.5 Å². The van der Waals surface area contributed by atoms with Crippen LogP contribution in [-0.2, 0) is 6.61 Å². The van der Waals surface area contributed by atoms with Crippen molar-refractivity contribution in [3.05, 3.63) is 551 Å². The average Bonchev–Trinajstić information content (AvgIpc) is 1.58. The molecule has 29 aromatic rings. The number of hydrogen-bond donors (Lipinski definition) is 1. The minimum Gasteiger partial charge on any atom is -0.392 e. The van der Waals surface area contributed by atoms with Gasteiger partial charge in [-0.05, 0) is 273 Å². The maximum Gasteiger partial charge on any atom is 0.0701 e. The minimum atomic E-state index is 0.00925. The molecule has 0 fully saturated rings. The van der Waals surface area contributed by atoms with Crippen molar-refractivity contribution in [2.75, 3.05) is 14.7 Å². The number of rotatable bonds is 18. The number of para-hydroxylation sites is 8. The fraction of sp³-hybridized carbons (Fsp3) is 0.0146. The second-order valence-corrected chi connectivity index (χ2v) is 39.0. The van der Waals surface area contributed by atoms with Gasteiger partial charge in [0.05, 0.1) is 95.9 Å². The zero-order chi connectivity index (χ0) is 99.6. The summed E-state index contributed by atoms with van der Waals surface area (Å²) in [6.45, 7) is 2.15. The van der Waals surface area contributed by atoms with Gasteiger partial charge in [0.25, 0.3) is 0 Å². The van der Waals surface area contributed by atoms with Crippen LogP contribution in [0.3, 0.4) is 0 Å². The quantitative estimate of drug-likeness (QED) is 0.0915. The van der Waals surface area contributed by atoms with Gasteiger partial charge in [0.15, 0.2) is 0 Å². The van der Waals surface area contributed by atoms with Crippen molar-refractivity contribution in [3.63, 3.8) is 0 Å². The number of aliphatic hydroxyl groups excluding tert-OH is 1. The van der Waals surface area contributed by atoms with E-state index in [2.05, 4.69) is 527 Å². The van der Waals surface area contributed by atoms with Crippen LogP contribution in [-0.4, -0.2) is 42.9 Å². The number of anilines is 9. The molecule has 0 atom stereocenters. The third-order valence-electron chi connectivity index (χ3n) is 29.2. The molecule has 13 heteroatoms. The van der Waals surface area contributed by atoms with E-state index in [4.69, 9.17) is 0 Å². The third kappa shape index (κ3) is 15.8. The number of hydrogen-bond acceptors (Lipinski definition) is 8. The molecule has 20 aromatic carbocycles. The van der Waals surface area contributed by atoms with E-state index in [9.17, 15) is 5.11 Å². The van der Waals surface area contributed by atoms with Gasteiger partial charge in [-0.25, -0.2) is 0 Å². The summed E-state index contributed by atoms with van der Waals surface area (Å²) in [6, 6.07) is 186. The molecule has 0 radical (unpaired) electrons. The molecule has 29 rings (SSSR count). The average molecular weight is 1940 g/mol. The highest BCUT2D eigenvalue weighted by molar-refractivity contribution is 7.25. The SMILES string of the molecule is Cc1ccc(N(c2ccc(-n3c4ccccc4c4ccccc43)cc2)c2cccc3c2c2ccccc2n3-c2ccc(-c3ccccn3)cc2)cc1.OCc1ccc(N(c2ccc3sc4ccccc4c3c2)c2cccc3c2c2ccccc2n3-c2ccc(-c3ccccn3)cc2)cc1.c1ccc(N(c2ccc(-n3c4ccccc4c4ccccc43)cc2)c2cccc3c2c2ccccc2n3-c2ccc(-c3ccccn3)cc2)cc1. The standard InChI is InChI=1S/C48H34N4.C47H32N4.C42H29N3OS/c1-33-20-24-35(25-21-33)50(36-28-30-38(31-29-36)51-43-15-5-2-11-39(43)40-12-3-6-16-44(40)51)46-18-10-19-47-48(46)41-13-4-7-17-45(41)52(47)37-26-22-34(23-27-37)42-14-8-9-32-49-42;1-2-13-34(14-3-1)49(35-28-30-37(31-29-35)50-42-19-7-4-15-38(42)39-16-5-8-20-43(39)50)45-22-12-23-46-47(45)40-17-6-9-21-44(40)51(46)36-26-24-33(25-27-36)41-18-10-11-32-48-41;46-27-28-15-19-30(20-16-28)44(32-23-24-41-35(26-32)33-8-2-4-14-40(33)47-41)38-12-7-13-39-42(38)34-9-1-3-11-37(34)45(39)31-21-17-29(18-22-31)36-10-5-6-25-43-36/h2-32H,1H3;1-32H;1-26,46H,27H2. The molecule has 9 aromatic heterocycles. The zero-order valence-electron chi connectivity index (χ0n) is 81.9. The van der Waals surface area contributed by atoms with Crippen LogP contribution in [0, 0.1) is 6.92 Å². The number of aromatic nitrogens is 8. The highest BCUT2D eigenvalue weighted by atomic mass is 32.1. The molecular weight excluding hydrogens is 1850 g/mol. The van der Waals surface area contributed by atoms with E-state index < -0.39 is 0 Å². The van der Waals surface area contributed by atoms with Crippen LogP contribution < -0.4 is 14.7 Å². The number of aryl methyl sites for hydroxylation is 1. The van der Waals surface area contributed by atoms with Crippen molar-refractivity contribution in [1.29, 1.82) is 0 Å². The lowest BCUT2D eigenvalue weighted by Crippen LogP contribution is -2.10. The smallest absolute Gasteiger partial charge is 0.0701 e. The highest BCUT2D eigenvalue weighted by Crippen LogP contribution is 2.51. The molecule has 12 nitrogen and oxygen atoms in total. The predicted octanol–water partition coefficient (Wildman–Crippen LogP) is 36.3. The number of benzene rings is 20. The molecule has 0 aliphatic rings. The normalized spacial score (nSPS) is 11.6. The van der Waals surface area contributed by atoms with Gasteiger partial charge in [0, 0.05) is 172 Å². The van der Waals surface area contributed by atoms with Crippen LogP contribution in [0.1, 0.15) is 11.1 Å². The predicted molar refractivity (Wildman–Crippen MR) is 628 cm³/mol. The third-order valence-corrected chi connectivity index (χ3v) is 30.4. The molecule has 0 aliphatic carbocycles. The Morgan fingerprint density at radius 2 is 0.467 bits per heavy atom. The molecule has 150 heavy (non-hydrogen) atoms. The number of fused-ring (bicyclic) bond motifs is 18. The molecule has 0 saturated heterocycles. The van der Waals surface area contributed by atoms with Crippen LogP contribution in [0.2, 0.25) is 0 Å². The highest BCUT2D eigenvalue weighted by Gasteiger charge is 2.28. The van der Waals surface area contributed by atoms with Crippen LogP contribution in [0.5, 0.6) is 0 Å². The van der Waals surface area contributed by atoms with Gasteiger partial charge in [-0.1, -0.05) is 266 Å². The van der Waals surface area contributed by atoms with Crippen molar-refractivity contribution in [2.24, 2.45) is 0 Å². The lowest BCUT2D eigenvalue weighted by atomic mass is 10.1. The first-order valence-electron chi connectivity index (χ1n) is 50.8. The Morgan fingerprint density at radius 3 is 0.813 bits per heavy atom. The Bertz CT molecular complexity index is 10000. The van der Waals surface area contributed by atoms with Crippen molar-refractivity contribution in [2.45, 2.75) is 13.5 Å². The first kappa shape index (κ1) is 89.3. The van der Waals surface area contributed by atoms with E-state index >= 15 is 0 Å². The van der Waals surface area contributed by atoms with E-state index in [0.717, 1.165) is 141 Å². The van der Waals surface area contributed by atoms with Gasteiger partial charge in [0.1, 0.15) is 0 Å². The number of aliphatic hydroxyl groups is 1. The maximum atomic E-state index is 9.83. The van der Waals surface area contributed by atoms with E-state index in [0.29, 0.717) is 0 Å². The summed E-state index contributed by atoms with van der Waals surface area (Å²) >= 11 is 1.83. The van der Waals surface area contributed by atoms with Crippen LogP contribution in [0.15, 0.2) is 540 Å². The molecular formula is C137H95N11OS. The van der Waals surface area contributed by atoms with Crippen molar-refractivity contribution in [3.8, 4) is 62.2 Å². The summed E-state index contributed by atoms with van der Waals surface area (Å²) in [7, 11) is 0. The van der Waals surface area contributed by atoms with Crippen LogP contribution >= 0.6 is 11.3 Å². The molecule has 0 saturated carbocycles. The fourth-order valence-corrected chi connectivity index (χ4v) is 23.5. The zero-order valence-corrected chi connectivity index (χ0v) is 82.7. The summed E-state index contributed by atoms with van der Waals surface area (Å²) < 4.78 is 14.4. The molecule has 0 spiro atoms. The Kier molecular flexibility index (Phi) is 22.7. The Hall–Kier alpha value is -19.6. The van der Waals surface area contributed by atoms with Gasteiger partial charge in [0.2, 0.25) is 0 Å². The molecule has 0 bridgehead atoms. The Labute approximate surface area is 870 Å². The summed E-state index contributed by atoms with van der Waals surface area (Å²) in [5.41, 5.74) is 35.5. The van der Waals surface area contributed by atoms with Crippen molar-refractivity contribution >= 4 is 192 Å². The van der Waals surface area contributed by atoms with Crippen LogP contribution in [0.25, 0.3) is 191 Å². The largest absolute Gasteiger partial charge is 0.392 e. The first-order chi connectivity index (χ1) is 74.3. The minimum absolute atomic E-state index is 0.00925. The molecule has 0 unspecified atom stereocenters. The van der Waals surface area contributed by atoms with Gasteiger partial charge < -0.3 is 42.6 Å². The summed E-state index contributed by atoms with van der Waals surface area (Å²) in [6.07, 6.45) is 5.52. The van der Waals surface area contributed by atoms with E-state index in [1.165, 1.54) is 113 Å². The van der Waals surface area contributed by atoms with Gasteiger partial charge in [-0.15, -0.1) is 11.3 Å². The monoisotopic (exact) mass is 1940 g/mol. The molecule has 9 heterocycles. The van der Waals surface area contributed by atoms with Gasteiger partial charge >= 0.3 is 0 Å². The second-order valence-electron chi connectivity index (χ2n) is 37.9. The second kappa shape index (κ2) is 38.2. The maximum absolute atomic E-state index is 9.83. The van der Waals surface area contributed by atoms with Crippen molar-refractivity contribution in [1.82, 2.24) is 37.8 Å².